The summed E-state index contributed by atoms with van der Waals surface area (Å²) in [5, 5.41) is 0. The van der Waals surface area contributed by atoms with Crippen molar-refractivity contribution in [2.45, 2.75) is 19.3 Å². The van der Waals surface area contributed by atoms with E-state index in [2.05, 4.69) is 17.9 Å². The second kappa shape index (κ2) is 1.39. The van der Waals surface area contributed by atoms with Gasteiger partial charge in [-0.1, -0.05) is 17.9 Å². The summed E-state index contributed by atoms with van der Waals surface area (Å²) in [7, 11) is 0. The molecule has 3 aliphatic rings. The van der Waals surface area contributed by atoms with Gasteiger partial charge in [-0.15, -0.1) is 0 Å². The Morgan fingerprint density at radius 2 is 2.62 bits per heavy atom. The van der Waals surface area contributed by atoms with Gasteiger partial charge in [0.1, 0.15) is 0 Å². The molecule has 1 unspecified atom stereocenters. The molecule has 0 saturated heterocycles. The van der Waals surface area contributed by atoms with Gasteiger partial charge in [-0.3, -0.25) is 0 Å². The molecular formula is C8H8. The molecule has 8 heavy (non-hydrogen) atoms. The normalized spacial score (nSPS) is 31.0. The SMILES string of the molecule is C1#CC2CC=C1CC2. The van der Waals surface area contributed by atoms with E-state index in [4.69, 9.17) is 0 Å². The maximum atomic E-state index is 3.20. The maximum Gasteiger partial charge on any atom is 0.0244 e. The van der Waals surface area contributed by atoms with Crippen LogP contribution < -0.4 is 0 Å². The van der Waals surface area contributed by atoms with Crippen LogP contribution in [0.2, 0.25) is 0 Å². The summed E-state index contributed by atoms with van der Waals surface area (Å²) in [6.07, 6.45) is 6.07. The van der Waals surface area contributed by atoms with E-state index in [0.717, 1.165) is 0 Å². The van der Waals surface area contributed by atoms with Crippen LogP contribution in [0.1, 0.15) is 19.3 Å². The standard InChI is InChI=1S/C8H8/c1-2-8-5-3-7(1)4-6-8/h1,8H,2-3,5H2. The average molecular weight is 104 g/mol. The molecule has 0 heterocycles. The third-order valence-electron chi connectivity index (χ3n) is 1.85. The molecule has 0 amide bonds. The zero-order valence-corrected chi connectivity index (χ0v) is 4.78. The van der Waals surface area contributed by atoms with Crippen molar-refractivity contribution in [2.75, 3.05) is 0 Å². The van der Waals surface area contributed by atoms with E-state index >= 15 is 0 Å². The highest BCUT2D eigenvalue weighted by Gasteiger charge is 2.14. The summed E-state index contributed by atoms with van der Waals surface area (Å²) in [4.78, 5) is 0. The summed E-state index contributed by atoms with van der Waals surface area (Å²) in [6.45, 7) is 0. The third-order valence-corrected chi connectivity index (χ3v) is 1.85. The predicted octanol–water partition coefficient (Wildman–Crippen LogP) is 1.73. The maximum absolute atomic E-state index is 3.20. The van der Waals surface area contributed by atoms with E-state index in [1.165, 1.54) is 24.8 Å². The van der Waals surface area contributed by atoms with Crippen molar-refractivity contribution in [3.05, 3.63) is 11.6 Å². The van der Waals surface area contributed by atoms with Crippen LogP contribution in [0.3, 0.4) is 0 Å². The van der Waals surface area contributed by atoms with Gasteiger partial charge in [-0.25, -0.2) is 0 Å². The average Bonchev–Trinajstić information content (AvgIpc) is 1.92. The Kier molecular flexibility index (Phi) is 0.729. The summed E-state index contributed by atoms with van der Waals surface area (Å²) < 4.78 is 0. The first-order chi connectivity index (χ1) is 3.95. The topological polar surface area (TPSA) is 0 Å². The molecule has 0 aromatic carbocycles. The lowest BCUT2D eigenvalue weighted by Crippen LogP contribution is -2.06. The van der Waals surface area contributed by atoms with Gasteiger partial charge in [0.25, 0.3) is 0 Å². The first-order valence-electron chi connectivity index (χ1n) is 3.16. The molecule has 0 fully saturated rings. The van der Waals surface area contributed by atoms with Crippen molar-refractivity contribution in [2.24, 2.45) is 5.92 Å². The van der Waals surface area contributed by atoms with Gasteiger partial charge in [0, 0.05) is 5.92 Å². The molecule has 0 radical (unpaired) electrons. The zero-order valence-electron chi connectivity index (χ0n) is 4.78. The minimum atomic E-state index is 0.715. The van der Waals surface area contributed by atoms with Crippen LogP contribution in [0, 0.1) is 17.8 Å². The number of hydrogen-bond donors (Lipinski definition) is 0. The molecule has 0 heteroatoms. The van der Waals surface area contributed by atoms with Crippen molar-refractivity contribution >= 4 is 0 Å². The Morgan fingerprint density at radius 3 is 2.75 bits per heavy atom. The zero-order chi connectivity index (χ0) is 5.40. The van der Waals surface area contributed by atoms with Crippen LogP contribution in [0.4, 0.5) is 0 Å². The first-order valence-corrected chi connectivity index (χ1v) is 3.16. The smallest absolute Gasteiger partial charge is 0.0244 e. The highest BCUT2D eigenvalue weighted by molar-refractivity contribution is 5.36. The number of allylic oxidation sites excluding steroid dienone is 2. The van der Waals surface area contributed by atoms with Gasteiger partial charge in [-0.2, -0.15) is 0 Å². The van der Waals surface area contributed by atoms with Crippen molar-refractivity contribution in [1.82, 2.24) is 0 Å². The fourth-order valence-corrected chi connectivity index (χ4v) is 1.27. The predicted molar refractivity (Wildman–Crippen MR) is 33.2 cm³/mol. The summed E-state index contributed by atoms with van der Waals surface area (Å²) >= 11 is 0. The Balaban J connectivity index is 2.43. The van der Waals surface area contributed by atoms with E-state index in [1.807, 2.05) is 0 Å². The van der Waals surface area contributed by atoms with E-state index in [9.17, 15) is 0 Å². The summed E-state index contributed by atoms with van der Waals surface area (Å²) in [6, 6.07) is 0. The fraction of sp³-hybridized carbons (Fsp3) is 0.500. The van der Waals surface area contributed by atoms with Gasteiger partial charge < -0.3 is 0 Å². The molecule has 40 valence electrons. The number of hydrogen-bond acceptors (Lipinski definition) is 0. The van der Waals surface area contributed by atoms with Crippen LogP contribution in [0.15, 0.2) is 11.6 Å². The fourth-order valence-electron chi connectivity index (χ4n) is 1.27. The lowest BCUT2D eigenvalue weighted by atomic mass is 9.86. The molecule has 3 aliphatic carbocycles. The van der Waals surface area contributed by atoms with E-state index in [1.54, 1.807) is 0 Å². The molecule has 3 rings (SSSR count). The molecule has 0 nitrogen and oxygen atoms in total. The molecule has 0 spiro atoms. The molecule has 1 atom stereocenters. The van der Waals surface area contributed by atoms with Crippen LogP contribution in [0.5, 0.6) is 0 Å². The second-order valence-electron chi connectivity index (χ2n) is 2.47. The Labute approximate surface area is 49.6 Å². The molecule has 0 aliphatic heterocycles. The number of rotatable bonds is 0. The molecule has 0 aromatic heterocycles. The molecule has 0 aromatic rings. The monoisotopic (exact) mass is 104 g/mol. The van der Waals surface area contributed by atoms with Crippen LogP contribution >= 0.6 is 0 Å². The largest absolute Gasteiger partial charge is 0.0945 e. The van der Waals surface area contributed by atoms with Gasteiger partial charge in [0.2, 0.25) is 0 Å². The van der Waals surface area contributed by atoms with Gasteiger partial charge in [-0.05, 0) is 24.8 Å². The van der Waals surface area contributed by atoms with Crippen molar-refractivity contribution in [1.29, 1.82) is 0 Å². The quantitative estimate of drug-likeness (QED) is 0.410. The van der Waals surface area contributed by atoms with Gasteiger partial charge in [0.05, 0.1) is 0 Å². The van der Waals surface area contributed by atoms with E-state index in [-0.39, 0.29) is 0 Å². The van der Waals surface area contributed by atoms with Crippen molar-refractivity contribution < 1.29 is 0 Å². The van der Waals surface area contributed by atoms with Crippen LogP contribution in [0.25, 0.3) is 0 Å². The Hall–Kier alpha value is -0.700. The third kappa shape index (κ3) is 0.479. The second-order valence-corrected chi connectivity index (χ2v) is 2.47. The molecule has 0 N–H and O–H groups in total. The Morgan fingerprint density at radius 1 is 1.62 bits per heavy atom. The van der Waals surface area contributed by atoms with E-state index < -0.39 is 0 Å². The van der Waals surface area contributed by atoms with Gasteiger partial charge in [0.15, 0.2) is 0 Å². The van der Waals surface area contributed by atoms with Gasteiger partial charge >= 0.3 is 0 Å². The first kappa shape index (κ1) is 4.21. The minimum Gasteiger partial charge on any atom is -0.0945 e. The lowest BCUT2D eigenvalue weighted by Gasteiger charge is -2.18. The van der Waals surface area contributed by atoms with Crippen LogP contribution in [-0.4, -0.2) is 0 Å². The molecule has 0 saturated carbocycles. The highest BCUT2D eigenvalue weighted by atomic mass is 14.2. The minimum absolute atomic E-state index is 0.715. The van der Waals surface area contributed by atoms with E-state index in [0.29, 0.717) is 5.92 Å². The molecular weight excluding hydrogens is 96.1 g/mol. The van der Waals surface area contributed by atoms with Crippen molar-refractivity contribution in [3.8, 4) is 11.8 Å². The molecule has 2 bridgehead atoms. The van der Waals surface area contributed by atoms with Crippen molar-refractivity contribution in [3.63, 3.8) is 0 Å². The lowest BCUT2D eigenvalue weighted by molar-refractivity contribution is 0.581. The number of fused-ring (bicyclic) bond motifs is 2. The Bertz CT molecular complexity index is 188. The summed E-state index contributed by atoms with van der Waals surface area (Å²) in [5.41, 5.74) is 1.38. The van der Waals surface area contributed by atoms with Crippen LogP contribution in [-0.2, 0) is 0 Å². The summed E-state index contributed by atoms with van der Waals surface area (Å²) in [5.74, 6) is 7.05. The highest BCUT2D eigenvalue weighted by Crippen LogP contribution is 2.26.